The summed E-state index contributed by atoms with van der Waals surface area (Å²) in [6.45, 7) is 5.17. The van der Waals surface area contributed by atoms with Gasteiger partial charge in [0.15, 0.2) is 0 Å². The van der Waals surface area contributed by atoms with Gasteiger partial charge in [0, 0.05) is 36.7 Å². The average molecular weight is 283 g/mol. The lowest BCUT2D eigenvalue weighted by atomic mass is 9.91. The Morgan fingerprint density at radius 2 is 2.05 bits per heavy atom. The minimum atomic E-state index is 0.478. The van der Waals surface area contributed by atoms with Crippen molar-refractivity contribution in [1.82, 2.24) is 10.3 Å². The summed E-state index contributed by atoms with van der Waals surface area (Å²) in [6.07, 6.45) is 3.99. The molecule has 0 radical (unpaired) electrons. The van der Waals surface area contributed by atoms with Gasteiger partial charge in [-0.15, -0.1) is 0 Å². The summed E-state index contributed by atoms with van der Waals surface area (Å²) in [5.74, 6) is 0. The Labute approximate surface area is 127 Å². The van der Waals surface area contributed by atoms with Crippen LogP contribution < -0.4 is 10.2 Å². The van der Waals surface area contributed by atoms with E-state index < -0.39 is 0 Å². The van der Waals surface area contributed by atoms with Gasteiger partial charge in [-0.1, -0.05) is 32.0 Å². The maximum Gasteiger partial charge on any atom is 0.0726 e. The third kappa shape index (κ3) is 3.03. The fourth-order valence-electron chi connectivity index (χ4n) is 2.87. The largest absolute Gasteiger partial charge is 0.371 e. The number of anilines is 1. The molecule has 1 fully saturated rings. The highest BCUT2D eigenvalue weighted by Crippen LogP contribution is 2.33. The zero-order chi connectivity index (χ0) is 14.8. The Hall–Kier alpha value is -1.61. The standard InChI is InChI=1S/C18H25N3/c1-13(2)19-12-14-11-18(21(3)15-7-6-8-15)16-9-4-5-10-17(16)20-14/h4-5,9-11,13,15,19H,6-8,12H2,1-3H3. The van der Waals surface area contributed by atoms with Gasteiger partial charge in [-0.25, -0.2) is 0 Å². The lowest BCUT2D eigenvalue weighted by Gasteiger charge is -2.37. The van der Waals surface area contributed by atoms with Crippen LogP contribution in [0.1, 0.15) is 38.8 Å². The second kappa shape index (κ2) is 6.02. The summed E-state index contributed by atoms with van der Waals surface area (Å²) >= 11 is 0. The van der Waals surface area contributed by atoms with E-state index in [4.69, 9.17) is 4.98 Å². The maximum absolute atomic E-state index is 4.80. The van der Waals surface area contributed by atoms with Gasteiger partial charge in [-0.2, -0.15) is 0 Å². The van der Waals surface area contributed by atoms with Crippen LogP contribution in [-0.4, -0.2) is 24.1 Å². The van der Waals surface area contributed by atoms with E-state index >= 15 is 0 Å². The van der Waals surface area contributed by atoms with Crippen LogP contribution in [-0.2, 0) is 6.54 Å². The zero-order valence-corrected chi connectivity index (χ0v) is 13.3. The topological polar surface area (TPSA) is 28.2 Å². The van der Waals surface area contributed by atoms with Gasteiger partial charge in [0.05, 0.1) is 11.2 Å². The van der Waals surface area contributed by atoms with Crippen LogP contribution in [0, 0.1) is 0 Å². The first-order chi connectivity index (χ1) is 10.1. The molecule has 0 unspecified atom stereocenters. The minimum Gasteiger partial charge on any atom is -0.371 e. The van der Waals surface area contributed by atoms with Crippen LogP contribution in [0.2, 0.25) is 0 Å². The molecule has 0 aliphatic heterocycles. The summed E-state index contributed by atoms with van der Waals surface area (Å²) in [5, 5.41) is 4.73. The number of nitrogens with zero attached hydrogens (tertiary/aromatic N) is 2. The van der Waals surface area contributed by atoms with Crippen molar-refractivity contribution in [3.8, 4) is 0 Å². The minimum absolute atomic E-state index is 0.478. The van der Waals surface area contributed by atoms with Gasteiger partial charge >= 0.3 is 0 Å². The Morgan fingerprint density at radius 3 is 2.71 bits per heavy atom. The number of hydrogen-bond donors (Lipinski definition) is 1. The van der Waals surface area contributed by atoms with E-state index in [0.29, 0.717) is 12.1 Å². The fourth-order valence-corrected chi connectivity index (χ4v) is 2.87. The first-order valence-electron chi connectivity index (χ1n) is 8.00. The summed E-state index contributed by atoms with van der Waals surface area (Å²) in [7, 11) is 2.23. The Balaban J connectivity index is 1.98. The SMILES string of the molecule is CC(C)NCc1cc(N(C)C2CCC2)c2ccccc2n1. The highest BCUT2D eigenvalue weighted by molar-refractivity contribution is 5.92. The van der Waals surface area contributed by atoms with Crippen molar-refractivity contribution in [1.29, 1.82) is 0 Å². The van der Waals surface area contributed by atoms with E-state index in [2.05, 4.69) is 61.4 Å². The van der Waals surface area contributed by atoms with Crippen molar-refractivity contribution in [2.24, 2.45) is 0 Å². The van der Waals surface area contributed by atoms with Crippen molar-refractivity contribution >= 4 is 16.6 Å². The Bertz CT molecular complexity index is 617. The quantitative estimate of drug-likeness (QED) is 0.906. The molecule has 0 bridgehead atoms. The smallest absolute Gasteiger partial charge is 0.0726 e. The van der Waals surface area contributed by atoms with E-state index in [1.807, 2.05) is 0 Å². The molecule has 0 atom stereocenters. The molecule has 1 aliphatic rings. The lowest BCUT2D eigenvalue weighted by Crippen LogP contribution is -2.37. The first-order valence-corrected chi connectivity index (χ1v) is 8.00. The third-order valence-corrected chi connectivity index (χ3v) is 4.44. The second-order valence-electron chi connectivity index (χ2n) is 6.38. The lowest BCUT2D eigenvalue weighted by molar-refractivity contribution is 0.401. The van der Waals surface area contributed by atoms with E-state index in [0.717, 1.165) is 17.8 Å². The third-order valence-electron chi connectivity index (χ3n) is 4.44. The molecule has 0 amide bonds. The number of fused-ring (bicyclic) bond motifs is 1. The molecule has 1 aromatic carbocycles. The van der Waals surface area contributed by atoms with Crippen LogP contribution in [0.4, 0.5) is 5.69 Å². The average Bonchev–Trinajstić information content (AvgIpc) is 2.42. The number of nitrogens with one attached hydrogen (secondary N) is 1. The molecule has 21 heavy (non-hydrogen) atoms. The second-order valence-corrected chi connectivity index (χ2v) is 6.38. The highest BCUT2D eigenvalue weighted by Gasteiger charge is 2.23. The molecular formula is C18H25N3. The van der Waals surface area contributed by atoms with Crippen molar-refractivity contribution in [2.75, 3.05) is 11.9 Å². The van der Waals surface area contributed by atoms with Crippen LogP contribution in [0.3, 0.4) is 0 Å². The van der Waals surface area contributed by atoms with Gasteiger partial charge in [0.1, 0.15) is 0 Å². The Kier molecular flexibility index (Phi) is 4.11. The van der Waals surface area contributed by atoms with Gasteiger partial charge in [-0.05, 0) is 31.4 Å². The molecule has 3 heteroatoms. The molecule has 1 heterocycles. The first kappa shape index (κ1) is 14.3. The molecule has 1 aromatic heterocycles. The highest BCUT2D eigenvalue weighted by atomic mass is 15.1. The fraction of sp³-hybridized carbons (Fsp3) is 0.500. The number of rotatable bonds is 5. The van der Waals surface area contributed by atoms with Crippen LogP contribution in [0.15, 0.2) is 30.3 Å². The predicted octanol–water partition coefficient (Wildman–Crippen LogP) is 3.72. The maximum atomic E-state index is 4.80. The van der Waals surface area contributed by atoms with Crippen molar-refractivity contribution in [3.63, 3.8) is 0 Å². The molecule has 1 aliphatic carbocycles. The molecule has 0 spiro atoms. The summed E-state index contributed by atoms with van der Waals surface area (Å²) in [6, 6.07) is 11.9. The Morgan fingerprint density at radius 1 is 1.29 bits per heavy atom. The summed E-state index contributed by atoms with van der Waals surface area (Å²) in [5.41, 5.74) is 3.55. The molecule has 112 valence electrons. The summed E-state index contributed by atoms with van der Waals surface area (Å²) < 4.78 is 0. The van der Waals surface area contributed by atoms with E-state index in [1.165, 1.54) is 30.3 Å². The molecule has 1 N–H and O–H groups in total. The molecule has 1 saturated carbocycles. The molecule has 0 saturated heterocycles. The van der Waals surface area contributed by atoms with Crippen LogP contribution in [0.25, 0.3) is 10.9 Å². The summed E-state index contributed by atoms with van der Waals surface area (Å²) in [4.78, 5) is 7.26. The van der Waals surface area contributed by atoms with Gasteiger partial charge in [0.2, 0.25) is 0 Å². The van der Waals surface area contributed by atoms with Gasteiger partial charge in [-0.3, -0.25) is 4.98 Å². The number of para-hydroxylation sites is 1. The monoisotopic (exact) mass is 283 g/mol. The molecule has 3 nitrogen and oxygen atoms in total. The molecule has 2 aromatic rings. The van der Waals surface area contributed by atoms with E-state index in [-0.39, 0.29) is 0 Å². The van der Waals surface area contributed by atoms with E-state index in [1.54, 1.807) is 0 Å². The number of hydrogen-bond acceptors (Lipinski definition) is 3. The van der Waals surface area contributed by atoms with Crippen molar-refractivity contribution in [3.05, 3.63) is 36.0 Å². The van der Waals surface area contributed by atoms with Crippen LogP contribution in [0.5, 0.6) is 0 Å². The molecule has 3 rings (SSSR count). The number of benzene rings is 1. The van der Waals surface area contributed by atoms with Gasteiger partial charge in [0.25, 0.3) is 0 Å². The number of aromatic nitrogens is 1. The van der Waals surface area contributed by atoms with Crippen molar-refractivity contribution < 1.29 is 0 Å². The zero-order valence-electron chi connectivity index (χ0n) is 13.3. The van der Waals surface area contributed by atoms with Crippen molar-refractivity contribution in [2.45, 2.75) is 51.7 Å². The molecular weight excluding hydrogens is 258 g/mol. The predicted molar refractivity (Wildman–Crippen MR) is 89.8 cm³/mol. The van der Waals surface area contributed by atoms with Gasteiger partial charge < -0.3 is 10.2 Å². The van der Waals surface area contributed by atoms with E-state index in [9.17, 15) is 0 Å². The normalized spacial score (nSPS) is 15.4. The number of pyridine rings is 1. The van der Waals surface area contributed by atoms with Crippen LogP contribution >= 0.6 is 0 Å².